The topological polar surface area (TPSA) is 92.7 Å². The molecule has 0 aliphatic heterocycles. The summed E-state index contributed by atoms with van der Waals surface area (Å²) in [6.45, 7) is 4.22. The number of carbonyl (C=O) groups is 1. The van der Waals surface area contributed by atoms with Gasteiger partial charge in [0, 0.05) is 35.4 Å². The molecule has 0 atom stereocenters. The van der Waals surface area contributed by atoms with Gasteiger partial charge < -0.3 is 10.3 Å². The summed E-state index contributed by atoms with van der Waals surface area (Å²) < 4.78 is 1.67. The molecule has 7 nitrogen and oxygen atoms in total. The number of pyridine rings is 1. The minimum absolute atomic E-state index is 0.103. The second-order valence-corrected chi connectivity index (χ2v) is 8.20. The van der Waals surface area contributed by atoms with E-state index in [1.54, 1.807) is 11.7 Å². The van der Waals surface area contributed by atoms with Gasteiger partial charge in [0.1, 0.15) is 10.7 Å². The molecule has 0 aliphatic carbocycles. The number of aromatic amines is 1. The van der Waals surface area contributed by atoms with Gasteiger partial charge >= 0.3 is 0 Å². The fraction of sp³-hybridized carbons (Fsp3) is 0.273. The standard InChI is InChI=1S/C22H23N5O2S/c1-13-16(22(29)25-21-20(13)14(2)26-27(21)3)9-10-18(28)23-11-19-24-17(12-30-19)15-7-5-4-6-8-15/h4-8,12H,9-11H2,1-3H3,(H,23,28)(H,25,29). The first kappa shape index (κ1) is 20.0. The number of rotatable bonds is 6. The van der Waals surface area contributed by atoms with E-state index in [0.717, 1.165) is 32.9 Å². The van der Waals surface area contributed by atoms with Crippen LogP contribution in [0.2, 0.25) is 0 Å². The molecule has 0 saturated heterocycles. The Labute approximate surface area is 177 Å². The third-order valence-corrected chi connectivity index (χ3v) is 6.06. The number of benzene rings is 1. The highest BCUT2D eigenvalue weighted by Gasteiger charge is 2.16. The number of thiazole rings is 1. The lowest BCUT2D eigenvalue weighted by molar-refractivity contribution is -0.121. The second-order valence-electron chi connectivity index (χ2n) is 7.26. The Hall–Kier alpha value is -3.26. The fourth-order valence-corrected chi connectivity index (χ4v) is 4.43. The van der Waals surface area contributed by atoms with Gasteiger partial charge in [0.15, 0.2) is 0 Å². The van der Waals surface area contributed by atoms with Crippen LogP contribution in [0.25, 0.3) is 22.3 Å². The number of amides is 1. The molecule has 154 valence electrons. The van der Waals surface area contributed by atoms with Crippen molar-refractivity contribution in [3.63, 3.8) is 0 Å². The zero-order valence-corrected chi connectivity index (χ0v) is 18.0. The van der Waals surface area contributed by atoms with Crippen molar-refractivity contribution in [2.45, 2.75) is 33.2 Å². The molecule has 0 bridgehead atoms. The summed E-state index contributed by atoms with van der Waals surface area (Å²) in [5.41, 5.74) is 4.90. The van der Waals surface area contributed by atoms with Crippen LogP contribution in [-0.4, -0.2) is 25.7 Å². The molecule has 3 heterocycles. The van der Waals surface area contributed by atoms with E-state index in [9.17, 15) is 9.59 Å². The maximum absolute atomic E-state index is 12.5. The number of aromatic nitrogens is 4. The molecule has 0 aliphatic rings. The summed E-state index contributed by atoms with van der Waals surface area (Å²) in [4.78, 5) is 32.3. The van der Waals surface area contributed by atoms with Crippen LogP contribution in [0, 0.1) is 13.8 Å². The van der Waals surface area contributed by atoms with E-state index in [1.807, 2.05) is 49.6 Å². The molecule has 4 rings (SSSR count). The Morgan fingerprint density at radius 2 is 2.00 bits per heavy atom. The molecule has 1 amide bonds. The van der Waals surface area contributed by atoms with Crippen LogP contribution in [0.4, 0.5) is 0 Å². The SMILES string of the molecule is Cc1nn(C)c2[nH]c(=O)c(CCC(=O)NCc3nc(-c4ccccc4)cs3)c(C)c12. The molecule has 2 N–H and O–H groups in total. The van der Waals surface area contributed by atoms with E-state index in [1.165, 1.54) is 11.3 Å². The highest BCUT2D eigenvalue weighted by Crippen LogP contribution is 2.22. The summed E-state index contributed by atoms with van der Waals surface area (Å²) in [7, 11) is 1.81. The average molecular weight is 422 g/mol. The van der Waals surface area contributed by atoms with Crippen molar-refractivity contribution in [3.8, 4) is 11.3 Å². The van der Waals surface area contributed by atoms with Gasteiger partial charge in [0.05, 0.1) is 17.9 Å². The molecule has 8 heteroatoms. The Kier molecular flexibility index (Phi) is 5.50. The monoisotopic (exact) mass is 421 g/mol. The molecule has 0 saturated carbocycles. The van der Waals surface area contributed by atoms with Gasteiger partial charge in [0.2, 0.25) is 5.91 Å². The van der Waals surface area contributed by atoms with Crippen LogP contribution < -0.4 is 10.9 Å². The summed E-state index contributed by atoms with van der Waals surface area (Å²) >= 11 is 1.52. The van der Waals surface area contributed by atoms with Crippen LogP contribution in [0.5, 0.6) is 0 Å². The lowest BCUT2D eigenvalue weighted by atomic mass is 10.0. The number of nitrogens with zero attached hydrogens (tertiary/aromatic N) is 3. The lowest BCUT2D eigenvalue weighted by Gasteiger charge is -2.07. The number of hydrogen-bond donors (Lipinski definition) is 2. The van der Waals surface area contributed by atoms with Gasteiger partial charge in [-0.1, -0.05) is 30.3 Å². The lowest BCUT2D eigenvalue weighted by Crippen LogP contribution is -2.24. The molecule has 0 unspecified atom stereocenters. The third kappa shape index (κ3) is 3.91. The summed E-state index contributed by atoms with van der Waals surface area (Å²) in [5.74, 6) is -0.103. The maximum atomic E-state index is 12.5. The Morgan fingerprint density at radius 1 is 1.23 bits per heavy atom. The van der Waals surface area contributed by atoms with Crippen LogP contribution in [0.15, 0.2) is 40.5 Å². The third-order valence-electron chi connectivity index (χ3n) is 5.22. The minimum atomic E-state index is -0.164. The predicted molar refractivity (Wildman–Crippen MR) is 119 cm³/mol. The number of fused-ring (bicyclic) bond motifs is 1. The summed E-state index contributed by atoms with van der Waals surface area (Å²) in [6.07, 6.45) is 0.621. The van der Waals surface area contributed by atoms with Crippen molar-refractivity contribution >= 4 is 28.3 Å². The number of H-pyrrole nitrogens is 1. The van der Waals surface area contributed by atoms with E-state index >= 15 is 0 Å². The molecule has 3 aromatic heterocycles. The smallest absolute Gasteiger partial charge is 0.253 e. The van der Waals surface area contributed by atoms with E-state index in [0.29, 0.717) is 24.2 Å². The van der Waals surface area contributed by atoms with Crippen LogP contribution >= 0.6 is 11.3 Å². The van der Waals surface area contributed by atoms with Gasteiger partial charge in [0.25, 0.3) is 5.56 Å². The van der Waals surface area contributed by atoms with Crippen LogP contribution in [0.1, 0.15) is 28.2 Å². The molecular weight excluding hydrogens is 398 g/mol. The number of aryl methyl sites for hydroxylation is 3. The molecular formula is C22H23N5O2S. The molecule has 4 aromatic rings. The van der Waals surface area contributed by atoms with E-state index in [-0.39, 0.29) is 17.9 Å². The zero-order valence-electron chi connectivity index (χ0n) is 17.2. The molecule has 0 fully saturated rings. The van der Waals surface area contributed by atoms with Crippen molar-refractivity contribution in [1.82, 2.24) is 25.1 Å². The van der Waals surface area contributed by atoms with Crippen molar-refractivity contribution in [1.29, 1.82) is 0 Å². The first-order valence-corrected chi connectivity index (χ1v) is 10.6. The first-order valence-electron chi connectivity index (χ1n) is 9.75. The molecule has 30 heavy (non-hydrogen) atoms. The largest absolute Gasteiger partial charge is 0.350 e. The number of carbonyl (C=O) groups excluding carboxylic acids is 1. The van der Waals surface area contributed by atoms with Crippen LogP contribution in [0.3, 0.4) is 0 Å². The average Bonchev–Trinajstić information content (AvgIpc) is 3.31. The minimum Gasteiger partial charge on any atom is -0.350 e. The van der Waals surface area contributed by atoms with E-state index in [2.05, 4.69) is 20.4 Å². The van der Waals surface area contributed by atoms with Crippen LogP contribution in [-0.2, 0) is 24.8 Å². The highest BCUT2D eigenvalue weighted by atomic mass is 32.1. The number of hydrogen-bond acceptors (Lipinski definition) is 5. The van der Waals surface area contributed by atoms with Crippen molar-refractivity contribution in [2.24, 2.45) is 7.05 Å². The predicted octanol–water partition coefficient (Wildman–Crippen LogP) is 3.25. The van der Waals surface area contributed by atoms with Gasteiger partial charge in [-0.25, -0.2) is 4.98 Å². The Morgan fingerprint density at radius 3 is 2.77 bits per heavy atom. The van der Waals surface area contributed by atoms with Gasteiger partial charge in [-0.15, -0.1) is 11.3 Å². The fourth-order valence-electron chi connectivity index (χ4n) is 3.69. The van der Waals surface area contributed by atoms with Crippen molar-refractivity contribution < 1.29 is 4.79 Å². The van der Waals surface area contributed by atoms with Gasteiger partial charge in [-0.2, -0.15) is 5.10 Å². The molecule has 1 aromatic carbocycles. The van der Waals surface area contributed by atoms with Crippen molar-refractivity contribution in [2.75, 3.05) is 0 Å². The van der Waals surface area contributed by atoms with Gasteiger partial charge in [-0.3, -0.25) is 14.3 Å². The summed E-state index contributed by atoms with van der Waals surface area (Å²) in [6, 6.07) is 9.95. The van der Waals surface area contributed by atoms with E-state index < -0.39 is 0 Å². The Balaban J connectivity index is 1.39. The molecule has 0 radical (unpaired) electrons. The van der Waals surface area contributed by atoms with Crippen molar-refractivity contribution in [3.05, 3.63) is 67.9 Å². The normalized spacial score (nSPS) is 11.2. The quantitative estimate of drug-likeness (QED) is 0.500. The highest BCUT2D eigenvalue weighted by molar-refractivity contribution is 7.09. The Bertz CT molecular complexity index is 1270. The molecule has 0 spiro atoms. The maximum Gasteiger partial charge on any atom is 0.253 e. The second kappa shape index (κ2) is 8.23. The zero-order chi connectivity index (χ0) is 21.3. The van der Waals surface area contributed by atoms with Gasteiger partial charge in [-0.05, 0) is 25.8 Å². The first-order chi connectivity index (χ1) is 14.4. The number of nitrogens with one attached hydrogen (secondary N) is 2. The summed E-state index contributed by atoms with van der Waals surface area (Å²) in [5, 5.41) is 11.1. The van der Waals surface area contributed by atoms with E-state index in [4.69, 9.17) is 0 Å².